The first-order chi connectivity index (χ1) is 17.0. The van der Waals surface area contributed by atoms with Crippen molar-refractivity contribution in [2.24, 2.45) is 11.3 Å². The molecule has 0 bridgehead atoms. The van der Waals surface area contributed by atoms with Gasteiger partial charge in [-0.05, 0) is 85.5 Å². The SMILES string of the molecule is CC(Oc1cccc(Cl)c1)C(=O)Nc1sc2c(c1C(=O)Nc1ccc(Br)cc1)CCC(C(C)(C)C)C2. The summed E-state index contributed by atoms with van der Waals surface area (Å²) in [4.78, 5) is 27.8. The number of rotatable bonds is 6. The quantitative estimate of drug-likeness (QED) is 0.306. The van der Waals surface area contributed by atoms with Gasteiger partial charge in [0.05, 0.1) is 5.56 Å². The highest BCUT2D eigenvalue weighted by Gasteiger charge is 2.34. The van der Waals surface area contributed by atoms with E-state index in [4.69, 9.17) is 16.3 Å². The zero-order chi connectivity index (χ0) is 26.0. The summed E-state index contributed by atoms with van der Waals surface area (Å²) in [5.41, 5.74) is 2.45. The van der Waals surface area contributed by atoms with Gasteiger partial charge in [0, 0.05) is 20.1 Å². The average Bonchev–Trinajstić information content (AvgIpc) is 3.17. The third-order valence-corrected chi connectivity index (χ3v) is 8.47. The maximum absolute atomic E-state index is 13.5. The molecule has 190 valence electrons. The minimum absolute atomic E-state index is 0.171. The van der Waals surface area contributed by atoms with Gasteiger partial charge < -0.3 is 15.4 Å². The minimum atomic E-state index is -0.771. The molecular weight excluding hydrogens is 560 g/mol. The van der Waals surface area contributed by atoms with Gasteiger partial charge in [0.1, 0.15) is 10.8 Å². The summed E-state index contributed by atoms with van der Waals surface area (Å²) in [6.45, 7) is 8.46. The second-order valence-electron chi connectivity index (χ2n) is 10.2. The van der Waals surface area contributed by atoms with Crippen LogP contribution in [-0.2, 0) is 17.6 Å². The molecule has 2 atom stereocenters. The minimum Gasteiger partial charge on any atom is -0.481 e. The van der Waals surface area contributed by atoms with Crippen LogP contribution in [0.3, 0.4) is 0 Å². The van der Waals surface area contributed by atoms with Crippen LogP contribution in [0, 0.1) is 11.3 Å². The Morgan fingerprint density at radius 1 is 1.14 bits per heavy atom. The fraction of sp³-hybridized carbons (Fsp3) is 0.357. The van der Waals surface area contributed by atoms with E-state index >= 15 is 0 Å². The van der Waals surface area contributed by atoms with Gasteiger partial charge in [0.2, 0.25) is 0 Å². The zero-order valence-electron chi connectivity index (χ0n) is 20.8. The molecule has 4 rings (SSSR count). The molecular formula is C28H30BrClN2O3S. The molecule has 1 aromatic heterocycles. The Morgan fingerprint density at radius 3 is 2.53 bits per heavy atom. The van der Waals surface area contributed by atoms with E-state index < -0.39 is 6.10 Å². The molecule has 36 heavy (non-hydrogen) atoms. The van der Waals surface area contributed by atoms with Gasteiger partial charge in [-0.1, -0.05) is 54.4 Å². The number of carbonyl (C=O) groups excluding carboxylic acids is 2. The van der Waals surface area contributed by atoms with Crippen molar-refractivity contribution < 1.29 is 14.3 Å². The lowest BCUT2D eigenvalue weighted by molar-refractivity contribution is -0.122. The van der Waals surface area contributed by atoms with Crippen molar-refractivity contribution in [3.05, 3.63) is 74.0 Å². The monoisotopic (exact) mass is 588 g/mol. The number of fused-ring (bicyclic) bond motifs is 1. The predicted octanol–water partition coefficient (Wildman–Crippen LogP) is 7.97. The van der Waals surface area contributed by atoms with Crippen LogP contribution in [-0.4, -0.2) is 17.9 Å². The van der Waals surface area contributed by atoms with Crippen molar-refractivity contribution in [1.82, 2.24) is 0 Å². The number of anilines is 2. The van der Waals surface area contributed by atoms with Crippen LogP contribution in [0.15, 0.2) is 53.0 Å². The third kappa shape index (κ3) is 6.31. The maximum Gasteiger partial charge on any atom is 0.265 e. The smallest absolute Gasteiger partial charge is 0.265 e. The molecule has 1 aliphatic carbocycles. The number of nitrogens with one attached hydrogen (secondary N) is 2. The molecule has 0 saturated heterocycles. The van der Waals surface area contributed by atoms with Crippen molar-refractivity contribution in [2.75, 3.05) is 10.6 Å². The summed E-state index contributed by atoms with van der Waals surface area (Å²) >= 11 is 11.0. The predicted molar refractivity (Wildman–Crippen MR) is 152 cm³/mol. The summed E-state index contributed by atoms with van der Waals surface area (Å²) in [6.07, 6.45) is 1.94. The van der Waals surface area contributed by atoms with E-state index in [2.05, 4.69) is 47.3 Å². The zero-order valence-corrected chi connectivity index (χ0v) is 23.9. The summed E-state index contributed by atoms with van der Waals surface area (Å²) in [5.74, 6) is 0.484. The van der Waals surface area contributed by atoms with E-state index in [0.29, 0.717) is 32.9 Å². The molecule has 2 N–H and O–H groups in total. The van der Waals surface area contributed by atoms with Crippen molar-refractivity contribution in [3.8, 4) is 5.75 Å². The lowest BCUT2D eigenvalue weighted by Gasteiger charge is -2.33. The van der Waals surface area contributed by atoms with Crippen LogP contribution >= 0.6 is 38.9 Å². The number of carbonyl (C=O) groups is 2. The van der Waals surface area contributed by atoms with Crippen LogP contribution in [0.5, 0.6) is 5.75 Å². The Labute approximate surface area is 229 Å². The molecule has 0 saturated carbocycles. The highest BCUT2D eigenvalue weighted by molar-refractivity contribution is 9.10. The van der Waals surface area contributed by atoms with Gasteiger partial charge in [-0.3, -0.25) is 9.59 Å². The Hall–Kier alpha value is -2.35. The average molecular weight is 590 g/mol. The topological polar surface area (TPSA) is 67.4 Å². The summed E-state index contributed by atoms with van der Waals surface area (Å²) in [6, 6.07) is 14.4. The van der Waals surface area contributed by atoms with Crippen LogP contribution < -0.4 is 15.4 Å². The van der Waals surface area contributed by atoms with Gasteiger partial charge >= 0.3 is 0 Å². The van der Waals surface area contributed by atoms with Crippen molar-refractivity contribution in [2.45, 2.75) is 53.1 Å². The fourth-order valence-corrected chi connectivity index (χ4v) is 6.16. The fourth-order valence-electron chi connectivity index (χ4n) is 4.39. The summed E-state index contributed by atoms with van der Waals surface area (Å²) in [7, 11) is 0. The lowest BCUT2D eigenvalue weighted by atomic mass is 9.72. The van der Waals surface area contributed by atoms with E-state index in [0.717, 1.165) is 29.3 Å². The molecule has 3 aromatic rings. The number of benzene rings is 2. The summed E-state index contributed by atoms with van der Waals surface area (Å²) < 4.78 is 6.74. The number of thiophene rings is 1. The van der Waals surface area contributed by atoms with E-state index in [1.54, 1.807) is 31.2 Å². The molecule has 1 heterocycles. The Balaban J connectivity index is 1.60. The van der Waals surface area contributed by atoms with Crippen molar-refractivity contribution in [1.29, 1.82) is 0 Å². The first kappa shape index (κ1) is 26.7. The highest BCUT2D eigenvalue weighted by Crippen LogP contribution is 2.44. The van der Waals surface area contributed by atoms with E-state index in [9.17, 15) is 9.59 Å². The van der Waals surface area contributed by atoms with Gasteiger partial charge in [-0.25, -0.2) is 0 Å². The van der Waals surface area contributed by atoms with E-state index in [1.165, 1.54) is 16.2 Å². The Bertz CT molecular complexity index is 1270. The maximum atomic E-state index is 13.5. The molecule has 5 nitrogen and oxygen atoms in total. The molecule has 0 aliphatic heterocycles. The summed E-state index contributed by atoms with van der Waals surface area (Å²) in [5, 5.41) is 7.09. The van der Waals surface area contributed by atoms with Crippen LogP contribution in [0.2, 0.25) is 5.02 Å². The van der Waals surface area contributed by atoms with Gasteiger partial charge in [0.15, 0.2) is 6.10 Å². The third-order valence-electron chi connectivity index (χ3n) is 6.53. The Kier molecular flexibility index (Phi) is 8.12. The molecule has 0 fully saturated rings. The number of hydrogen-bond donors (Lipinski definition) is 2. The van der Waals surface area contributed by atoms with E-state index in [1.807, 2.05) is 24.3 Å². The highest BCUT2D eigenvalue weighted by atomic mass is 79.9. The first-order valence-electron chi connectivity index (χ1n) is 12.0. The van der Waals surface area contributed by atoms with Gasteiger partial charge in [-0.2, -0.15) is 0 Å². The van der Waals surface area contributed by atoms with Crippen LogP contribution in [0.4, 0.5) is 10.7 Å². The second kappa shape index (κ2) is 11.0. The molecule has 2 amide bonds. The number of ether oxygens (including phenoxy) is 1. The largest absolute Gasteiger partial charge is 0.481 e. The van der Waals surface area contributed by atoms with Crippen molar-refractivity contribution in [3.63, 3.8) is 0 Å². The number of hydrogen-bond acceptors (Lipinski definition) is 4. The number of halogens is 2. The molecule has 1 aliphatic rings. The van der Waals surface area contributed by atoms with Crippen LogP contribution in [0.25, 0.3) is 0 Å². The van der Waals surface area contributed by atoms with Crippen LogP contribution in [0.1, 0.15) is 54.9 Å². The second-order valence-corrected chi connectivity index (χ2v) is 12.6. The Morgan fingerprint density at radius 2 is 1.86 bits per heavy atom. The van der Waals surface area contributed by atoms with Gasteiger partial charge in [-0.15, -0.1) is 11.3 Å². The van der Waals surface area contributed by atoms with Crippen molar-refractivity contribution >= 4 is 61.4 Å². The molecule has 8 heteroatoms. The molecule has 0 spiro atoms. The number of amides is 2. The van der Waals surface area contributed by atoms with Gasteiger partial charge in [0.25, 0.3) is 11.8 Å². The first-order valence-corrected chi connectivity index (χ1v) is 13.9. The molecule has 2 aromatic carbocycles. The molecule has 0 radical (unpaired) electrons. The molecule has 2 unspecified atom stereocenters. The van der Waals surface area contributed by atoms with E-state index in [-0.39, 0.29) is 17.2 Å². The normalized spacial score (nSPS) is 16.1. The lowest BCUT2D eigenvalue weighted by Crippen LogP contribution is -2.30. The standard InChI is InChI=1S/C28H30BrClN2O3S/c1-16(35-21-7-5-6-19(30)15-21)25(33)32-27-24(26(34)31-20-11-9-18(29)10-12-20)22-13-8-17(28(2,3)4)14-23(22)36-27/h5-7,9-12,15-17H,8,13-14H2,1-4H3,(H,31,34)(H,32,33).